The van der Waals surface area contributed by atoms with Crippen LogP contribution >= 0.6 is 23.7 Å². The summed E-state index contributed by atoms with van der Waals surface area (Å²) in [6.45, 7) is 1.61. The maximum absolute atomic E-state index is 9.69. The number of nitrogens with one attached hydrogen (secondary N) is 1. The molecule has 1 aliphatic carbocycles. The molecule has 2 aromatic heterocycles. The Bertz CT molecular complexity index is 811. The van der Waals surface area contributed by atoms with Gasteiger partial charge in [-0.25, -0.2) is 0 Å². The van der Waals surface area contributed by atoms with Gasteiger partial charge in [0.2, 0.25) is 0 Å². The van der Waals surface area contributed by atoms with Crippen LogP contribution in [0.1, 0.15) is 36.8 Å². The molecule has 4 nitrogen and oxygen atoms in total. The van der Waals surface area contributed by atoms with Gasteiger partial charge in [-0.15, -0.1) is 23.7 Å². The molecule has 0 atom stereocenters. The molecule has 4 rings (SSSR count). The molecule has 0 saturated heterocycles. The summed E-state index contributed by atoms with van der Waals surface area (Å²) in [6, 6.07) is 15.2. The highest BCUT2D eigenvalue weighted by molar-refractivity contribution is 7.13. The van der Waals surface area contributed by atoms with Crippen molar-refractivity contribution in [2.45, 2.75) is 50.9 Å². The molecular formula is C21H26ClN3OS. The van der Waals surface area contributed by atoms with Gasteiger partial charge in [-0.1, -0.05) is 36.4 Å². The zero-order valence-corrected chi connectivity index (χ0v) is 16.9. The Morgan fingerprint density at radius 2 is 1.85 bits per heavy atom. The molecule has 3 aromatic rings. The van der Waals surface area contributed by atoms with Crippen molar-refractivity contribution >= 4 is 23.7 Å². The van der Waals surface area contributed by atoms with E-state index in [1.807, 2.05) is 10.7 Å². The number of aliphatic hydroxyl groups excluding tert-OH is 1. The van der Waals surface area contributed by atoms with Crippen molar-refractivity contribution in [1.29, 1.82) is 0 Å². The maximum atomic E-state index is 9.69. The topological polar surface area (TPSA) is 50.1 Å². The van der Waals surface area contributed by atoms with Gasteiger partial charge in [0.15, 0.2) is 0 Å². The Hall–Kier alpha value is -1.66. The molecule has 0 spiro atoms. The molecule has 2 heterocycles. The fraction of sp³-hybridized carbons (Fsp3) is 0.381. The van der Waals surface area contributed by atoms with Crippen molar-refractivity contribution in [2.24, 2.45) is 0 Å². The summed E-state index contributed by atoms with van der Waals surface area (Å²) in [4.78, 5) is 1.22. The van der Waals surface area contributed by atoms with Crippen LogP contribution in [0.5, 0.6) is 0 Å². The summed E-state index contributed by atoms with van der Waals surface area (Å²) in [5.74, 6) is 0. The molecule has 1 aliphatic rings. The SMILES string of the molecule is Cl.OC1CCC(NCc2cn(Cc3ccccc3)nc2-c2cccs2)CC1. The zero-order chi connectivity index (χ0) is 17.8. The number of rotatable bonds is 6. The van der Waals surface area contributed by atoms with Gasteiger partial charge in [0.1, 0.15) is 5.69 Å². The summed E-state index contributed by atoms with van der Waals surface area (Å²) in [7, 11) is 0. The highest BCUT2D eigenvalue weighted by Gasteiger charge is 2.20. The maximum Gasteiger partial charge on any atom is 0.107 e. The Kier molecular flexibility index (Phi) is 7.07. The first-order valence-electron chi connectivity index (χ1n) is 9.33. The van der Waals surface area contributed by atoms with Crippen molar-refractivity contribution in [2.75, 3.05) is 0 Å². The minimum Gasteiger partial charge on any atom is -0.393 e. The van der Waals surface area contributed by atoms with E-state index in [4.69, 9.17) is 5.10 Å². The van der Waals surface area contributed by atoms with Crippen LogP contribution in [0.25, 0.3) is 10.6 Å². The van der Waals surface area contributed by atoms with Crippen LogP contribution in [-0.2, 0) is 13.1 Å². The standard InChI is InChI=1S/C21H25N3OS.ClH/c25-19-10-8-18(9-11-19)22-13-17-15-24(14-16-5-2-1-3-6-16)23-21(17)20-7-4-12-26-20;/h1-7,12,15,18-19,22,25H,8-11,13-14H2;1H. The number of aromatic nitrogens is 2. The van der Waals surface area contributed by atoms with E-state index < -0.39 is 0 Å². The number of hydrogen-bond donors (Lipinski definition) is 2. The third-order valence-electron chi connectivity index (χ3n) is 5.06. The van der Waals surface area contributed by atoms with E-state index >= 15 is 0 Å². The molecule has 1 aromatic carbocycles. The lowest BCUT2D eigenvalue weighted by molar-refractivity contribution is 0.116. The van der Waals surface area contributed by atoms with Crippen LogP contribution < -0.4 is 5.32 Å². The predicted molar refractivity (Wildman–Crippen MR) is 113 cm³/mol. The minimum atomic E-state index is -0.108. The molecule has 0 radical (unpaired) electrons. The van der Waals surface area contributed by atoms with Gasteiger partial charge in [0, 0.05) is 24.3 Å². The van der Waals surface area contributed by atoms with Gasteiger partial charge >= 0.3 is 0 Å². The third kappa shape index (κ3) is 5.20. The Morgan fingerprint density at radius 3 is 2.56 bits per heavy atom. The van der Waals surface area contributed by atoms with Crippen molar-refractivity contribution in [3.05, 3.63) is 65.2 Å². The van der Waals surface area contributed by atoms with Gasteiger partial charge in [-0.2, -0.15) is 5.10 Å². The number of halogens is 1. The van der Waals surface area contributed by atoms with Gasteiger partial charge in [0.05, 0.1) is 17.5 Å². The van der Waals surface area contributed by atoms with Gasteiger partial charge in [0.25, 0.3) is 0 Å². The smallest absolute Gasteiger partial charge is 0.107 e. The molecule has 0 bridgehead atoms. The molecule has 0 aliphatic heterocycles. The Labute approximate surface area is 170 Å². The number of thiophene rings is 1. The summed E-state index contributed by atoms with van der Waals surface area (Å²) in [5.41, 5.74) is 3.59. The molecule has 1 fully saturated rings. The number of hydrogen-bond acceptors (Lipinski definition) is 4. The van der Waals surface area contributed by atoms with Crippen molar-refractivity contribution in [3.8, 4) is 10.6 Å². The van der Waals surface area contributed by atoms with Crippen LogP contribution in [0, 0.1) is 0 Å². The lowest BCUT2D eigenvalue weighted by Crippen LogP contribution is -2.34. The summed E-state index contributed by atoms with van der Waals surface area (Å²) in [6.07, 6.45) is 5.97. The fourth-order valence-corrected chi connectivity index (χ4v) is 4.34. The molecule has 0 amide bonds. The van der Waals surface area contributed by atoms with Crippen LogP contribution in [0.2, 0.25) is 0 Å². The number of benzene rings is 1. The highest BCUT2D eigenvalue weighted by Crippen LogP contribution is 2.27. The van der Waals surface area contributed by atoms with E-state index in [9.17, 15) is 5.11 Å². The molecule has 1 saturated carbocycles. The van der Waals surface area contributed by atoms with Gasteiger partial charge < -0.3 is 10.4 Å². The molecule has 6 heteroatoms. The van der Waals surface area contributed by atoms with Gasteiger partial charge in [-0.3, -0.25) is 4.68 Å². The zero-order valence-electron chi connectivity index (χ0n) is 15.3. The fourth-order valence-electron chi connectivity index (χ4n) is 3.60. The van der Waals surface area contributed by atoms with E-state index in [0.29, 0.717) is 6.04 Å². The van der Waals surface area contributed by atoms with Gasteiger partial charge in [-0.05, 0) is 42.7 Å². The van der Waals surface area contributed by atoms with E-state index in [1.54, 1.807) is 11.3 Å². The van der Waals surface area contributed by atoms with E-state index in [-0.39, 0.29) is 18.5 Å². The first kappa shape index (κ1) is 20.1. The summed E-state index contributed by atoms with van der Waals surface area (Å²) >= 11 is 1.73. The first-order chi connectivity index (χ1) is 12.8. The monoisotopic (exact) mass is 403 g/mol. The van der Waals surface area contributed by atoms with E-state index in [0.717, 1.165) is 44.5 Å². The second-order valence-electron chi connectivity index (χ2n) is 7.05. The first-order valence-corrected chi connectivity index (χ1v) is 10.2. The average Bonchev–Trinajstić information content (AvgIpc) is 3.32. The molecule has 27 heavy (non-hydrogen) atoms. The average molecular weight is 404 g/mol. The predicted octanol–water partition coefficient (Wildman–Crippen LogP) is 4.47. The van der Waals surface area contributed by atoms with E-state index in [2.05, 4.69) is 53.3 Å². The quantitative estimate of drug-likeness (QED) is 0.638. The lowest BCUT2D eigenvalue weighted by atomic mass is 9.93. The van der Waals surface area contributed by atoms with Crippen LogP contribution in [-0.4, -0.2) is 27.0 Å². The minimum absolute atomic E-state index is 0. The van der Waals surface area contributed by atoms with Crippen LogP contribution in [0.4, 0.5) is 0 Å². The molecular weight excluding hydrogens is 378 g/mol. The van der Waals surface area contributed by atoms with Crippen molar-refractivity contribution < 1.29 is 5.11 Å². The second kappa shape index (κ2) is 9.51. The largest absolute Gasteiger partial charge is 0.393 e. The Morgan fingerprint density at radius 1 is 1.07 bits per heavy atom. The third-order valence-corrected chi connectivity index (χ3v) is 5.93. The highest BCUT2D eigenvalue weighted by atomic mass is 35.5. The summed E-state index contributed by atoms with van der Waals surface area (Å²) < 4.78 is 2.05. The lowest BCUT2D eigenvalue weighted by Gasteiger charge is -2.26. The van der Waals surface area contributed by atoms with E-state index in [1.165, 1.54) is 16.0 Å². The number of aliphatic hydroxyl groups is 1. The molecule has 2 N–H and O–H groups in total. The second-order valence-corrected chi connectivity index (χ2v) is 8.00. The van der Waals surface area contributed by atoms with Crippen molar-refractivity contribution in [3.63, 3.8) is 0 Å². The number of nitrogens with zero attached hydrogens (tertiary/aromatic N) is 2. The molecule has 144 valence electrons. The van der Waals surface area contributed by atoms with Crippen LogP contribution in [0.3, 0.4) is 0 Å². The van der Waals surface area contributed by atoms with Crippen molar-refractivity contribution in [1.82, 2.24) is 15.1 Å². The van der Waals surface area contributed by atoms with Crippen LogP contribution in [0.15, 0.2) is 54.0 Å². The summed E-state index contributed by atoms with van der Waals surface area (Å²) in [5, 5.41) is 20.3. The Balaban J connectivity index is 0.00000210. The molecule has 0 unspecified atom stereocenters. The normalized spacial score (nSPS) is 19.6.